The van der Waals surface area contributed by atoms with E-state index < -0.39 is 0 Å². The van der Waals surface area contributed by atoms with Crippen molar-refractivity contribution in [2.45, 2.75) is 25.7 Å². The molecule has 0 aliphatic heterocycles. The first-order chi connectivity index (χ1) is 7.31. The lowest BCUT2D eigenvalue weighted by atomic mass is 9.97. The Morgan fingerprint density at radius 1 is 1.33 bits per heavy atom. The van der Waals surface area contributed by atoms with E-state index in [9.17, 15) is 0 Å². The topological polar surface area (TPSA) is 36.7 Å². The van der Waals surface area contributed by atoms with Crippen LogP contribution < -0.4 is 0 Å². The Kier molecular flexibility index (Phi) is 3.03. The number of nitriles is 1. The van der Waals surface area contributed by atoms with Gasteiger partial charge in [0.1, 0.15) is 11.2 Å². The fourth-order valence-corrected chi connectivity index (χ4v) is 1.96. The fraction of sp³-hybridized carbons (Fsp3) is 0.333. The van der Waals surface area contributed by atoms with Crippen LogP contribution in [0.2, 0.25) is 5.15 Å². The quantitative estimate of drug-likeness (QED) is 0.676. The van der Waals surface area contributed by atoms with E-state index in [2.05, 4.69) is 11.1 Å². The Hall–Kier alpha value is -1.33. The summed E-state index contributed by atoms with van der Waals surface area (Å²) in [4.78, 5) is 4.24. The van der Waals surface area contributed by atoms with E-state index in [0.29, 0.717) is 10.7 Å². The minimum absolute atomic E-state index is 0.307. The number of hydrogen-bond acceptors (Lipinski definition) is 2. The monoisotopic (exact) mass is 218 g/mol. The Morgan fingerprint density at radius 3 is 2.80 bits per heavy atom. The maximum atomic E-state index is 8.73. The molecule has 1 aliphatic rings. The molecular formula is C12H11ClN2. The fourth-order valence-electron chi connectivity index (χ4n) is 1.77. The maximum Gasteiger partial charge on any atom is 0.147 e. The first-order valence-electron chi connectivity index (χ1n) is 5.07. The highest BCUT2D eigenvalue weighted by Crippen LogP contribution is 2.26. The summed E-state index contributed by atoms with van der Waals surface area (Å²) >= 11 is 5.89. The number of allylic oxidation sites excluding steroid dienone is 2. The normalized spacial score (nSPS) is 15.6. The van der Waals surface area contributed by atoms with E-state index in [0.717, 1.165) is 18.5 Å². The first kappa shape index (κ1) is 10.2. The number of aromatic nitrogens is 1. The van der Waals surface area contributed by atoms with Crippen LogP contribution in [0.5, 0.6) is 0 Å². The van der Waals surface area contributed by atoms with Gasteiger partial charge in [0, 0.05) is 0 Å². The van der Waals surface area contributed by atoms with Crippen LogP contribution in [0.4, 0.5) is 0 Å². The van der Waals surface area contributed by atoms with Crippen molar-refractivity contribution >= 4 is 17.2 Å². The van der Waals surface area contributed by atoms with Crippen molar-refractivity contribution in [3.63, 3.8) is 0 Å². The molecule has 0 saturated heterocycles. The summed E-state index contributed by atoms with van der Waals surface area (Å²) in [5.41, 5.74) is 2.61. The Balaban J connectivity index is 2.34. The standard InChI is InChI=1S/C12H11ClN2/c13-12-10(8-14)6-7-11(15-12)9-4-2-1-3-5-9/h4,6-7H,1-3,5H2. The molecule has 0 atom stereocenters. The SMILES string of the molecule is N#Cc1ccc(C2=CCCCC2)nc1Cl. The van der Waals surface area contributed by atoms with Crippen LogP contribution in [-0.4, -0.2) is 4.98 Å². The third-order valence-corrected chi connectivity index (χ3v) is 2.88. The lowest BCUT2D eigenvalue weighted by Gasteiger charge is -2.12. The molecule has 0 N–H and O–H groups in total. The van der Waals surface area contributed by atoms with Gasteiger partial charge in [0.05, 0.1) is 11.3 Å². The van der Waals surface area contributed by atoms with Crippen molar-refractivity contribution in [2.24, 2.45) is 0 Å². The van der Waals surface area contributed by atoms with E-state index in [4.69, 9.17) is 16.9 Å². The highest BCUT2D eigenvalue weighted by Gasteiger charge is 2.09. The van der Waals surface area contributed by atoms with Gasteiger partial charge in [-0.1, -0.05) is 17.7 Å². The van der Waals surface area contributed by atoms with Crippen molar-refractivity contribution in [2.75, 3.05) is 0 Å². The summed E-state index contributed by atoms with van der Waals surface area (Å²) in [6.07, 6.45) is 6.87. The van der Waals surface area contributed by atoms with Crippen LogP contribution in [0.25, 0.3) is 5.57 Å². The molecule has 0 aromatic carbocycles. The predicted octanol–water partition coefficient (Wildman–Crippen LogP) is 3.56. The minimum Gasteiger partial charge on any atom is -0.235 e. The second-order valence-electron chi connectivity index (χ2n) is 3.62. The number of hydrogen-bond donors (Lipinski definition) is 0. The van der Waals surface area contributed by atoms with Crippen LogP contribution >= 0.6 is 11.6 Å². The molecule has 2 rings (SSSR count). The molecule has 0 unspecified atom stereocenters. The van der Waals surface area contributed by atoms with Gasteiger partial charge in [-0.3, -0.25) is 0 Å². The molecule has 0 radical (unpaired) electrons. The Labute approximate surface area is 94.2 Å². The van der Waals surface area contributed by atoms with Gasteiger partial charge in [-0.15, -0.1) is 0 Å². The van der Waals surface area contributed by atoms with Crippen LogP contribution in [0, 0.1) is 11.3 Å². The van der Waals surface area contributed by atoms with Crippen LogP contribution in [-0.2, 0) is 0 Å². The summed E-state index contributed by atoms with van der Waals surface area (Å²) < 4.78 is 0. The van der Waals surface area contributed by atoms with Gasteiger partial charge in [-0.25, -0.2) is 4.98 Å². The van der Waals surface area contributed by atoms with Crippen molar-refractivity contribution in [1.82, 2.24) is 4.98 Å². The third-order valence-electron chi connectivity index (χ3n) is 2.59. The van der Waals surface area contributed by atoms with Gasteiger partial charge in [0.2, 0.25) is 0 Å². The molecule has 1 aromatic rings. The summed E-state index contributed by atoms with van der Waals surface area (Å²) in [7, 11) is 0. The number of halogens is 1. The molecule has 15 heavy (non-hydrogen) atoms. The van der Waals surface area contributed by atoms with Gasteiger partial charge in [0.25, 0.3) is 0 Å². The van der Waals surface area contributed by atoms with E-state index in [1.54, 1.807) is 6.07 Å². The summed E-state index contributed by atoms with van der Waals surface area (Å²) in [5, 5.41) is 9.04. The molecule has 0 saturated carbocycles. The van der Waals surface area contributed by atoms with Gasteiger partial charge >= 0.3 is 0 Å². The van der Waals surface area contributed by atoms with Gasteiger partial charge in [-0.05, 0) is 43.4 Å². The maximum absolute atomic E-state index is 8.73. The lowest BCUT2D eigenvalue weighted by molar-refractivity contribution is 0.740. The van der Waals surface area contributed by atoms with Crippen molar-refractivity contribution in [3.8, 4) is 6.07 Å². The van der Waals surface area contributed by atoms with E-state index in [1.165, 1.54) is 18.4 Å². The van der Waals surface area contributed by atoms with Crippen molar-refractivity contribution < 1.29 is 0 Å². The molecule has 3 heteroatoms. The summed E-state index contributed by atoms with van der Waals surface area (Å²) in [5.74, 6) is 0. The van der Waals surface area contributed by atoms with Crippen LogP contribution in [0.1, 0.15) is 36.9 Å². The number of nitrogens with zero attached hydrogens (tertiary/aromatic N) is 2. The molecular weight excluding hydrogens is 208 g/mol. The predicted molar refractivity (Wildman–Crippen MR) is 60.4 cm³/mol. The van der Waals surface area contributed by atoms with E-state index in [1.807, 2.05) is 12.1 Å². The van der Waals surface area contributed by atoms with E-state index >= 15 is 0 Å². The number of pyridine rings is 1. The zero-order valence-electron chi connectivity index (χ0n) is 8.33. The molecule has 0 fully saturated rings. The molecule has 76 valence electrons. The average molecular weight is 219 g/mol. The molecule has 0 bridgehead atoms. The largest absolute Gasteiger partial charge is 0.235 e. The molecule has 1 aliphatic carbocycles. The summed E-state index contributed by atoms with van der Waals surface area (Å²) in [6.45, 7) is 0. The zero-order chi connectivity index (χ0) is 10.7. The molecule has 2 nitrogen and oxygen atoms in total. The van der Waals surface area contributed by atoms with Crippen LogP contribution in [0.15, 0.2) is 18.2 Å². The average Bonchev–Trinajstić information content (AvgIpc) is 2.30. The molecule has 1 aromatic heterocycles. The van der Waals surface area contributed by atoms with E-state index in [-0.39, 0.29) is 0 Å². The second-order valence-corrected chi connectivity index (χ2v) is 3.98. The highest BCUT2D eigenvalue weighted by molar-refractivity contribution is 6.30. The van der Waals surface area contributed by atoms with Gasteiger partial charge in [0.15, 0.2) is 0 Å². The first-order valence-corrected chi connectivity index (χ1v) is 5.45. The smallest absolute Gasteiger partial charge is 0.147 e. The van der Waals surface area contributed by atoms with Gasteiger partial charge < -0.3 is 0 Å². The Bertz CT molecular complexity index is 443. The lowest BCUT2D eigenvalue weighted by Crippen LogP contribution is -1.95. The second kappa shape index (κ2) is 4.46. The molecule has 0 amide bonds. The molecule has 0 spiro atoms. The summed E-state index contributed by atoms with van der Waals surface area (Å²) in [6, 6.07) is 5.62. The van der Waals surface area contributed by atoms with Crippen LogP contribution in [0.3, 0.4) is 0 Å². The molecule has 1 heterocycles. The van der Waals surface area contributed by atoms with Gasteiger partial charge in [-0.2, -0.15) is 5.26 Å². The zero-order valence-corrected chi connectivity index (χ0v) is 9.09. The number of rotatable bonds is 1. The Morgan fingerprint density at radius 2 is 2.20 bits per heavy atom. The minimum atomic E-state index is 0.307. The highest BCUT2D eigenvalue weighted by atomic mass is 35.5. The van der Waals surface area contributed by atoms with Crippen molar-refractivity contribution in [1.29, 1.82) is 5.26 Å². The third kappa shape index (κ3) is 2.19. The van der Waals surface area contributed by atoms with Crippen molar-refractivity contribution in [3.05, 3.63) is 34.6 Å².